The van der Waals surface area contributed by atoms with E-state index in [2.05, 4.69) is 41.3 Å². The third kappa shape index (κ3) is 6.95. The number of nitrogens with one attached hydrogen (secondary N) is 1. The molecular weight excluding hydrogens is 441 g/mol. The number of nitrogens with zero attached hydrogens (tertiary/aromatic N) is 2. The van der Waals surface area contributed by atoms with Crippen LogP contribution in [-0.4, -0.2) is 58.4 Å². The van der Waals surface area contributed by atoms with Gasteiger partial charge >= 0.3 is 0 Å². The lowest BCUT2D eigenvalue weighted by atomic mass is 9.96. The van der Waals surface area contributed by atoms with Crippen molar-refractivity contribution in [2.24, 2.45) is 10.9 Å². The van der Waals surface area contributed by atoms with E-state index in [9.17, 15) is 0 Å². The molecule has 1 saturated heterocycles. The zero-order chi connectivity index (χ0) is 18.1. The lowest BCUT2D eigenvalue weighted by molar-refractivity contribution is 0.0625. The molecule has 1 aliphatic rings. The Hall–Kier alpha value is -1.02. The summed E-state index contributed by atoms with van der Waals surface area (Å²) in [7, 11) is 5.69. The van der Waals surface area contributed by atoms with Gasteiger partial charge in [0.25, 0.3) is 0 Å². The summed E-state index contributed by atoms with van der Waals surface area (Å²) in [4.78, 5) is 6.66. The fraction of sp³-hybridized carbons (Fsp3) is 0.650. The van der Waals surface area contributed by atoms with Crippen molar-refractivity contribution in [3.63, 3.8) is 0 Å². The molecule has 1 heterocycles. The van der Waals surface area contributed by atoms with Crippen molar-refractivity contribution < 1.29 is 9.47 Å². The van der Waals surface area contributed by atoms with Gasteiger partial charge in [0, 0.05) is 46.3 Å². The molecule has 0 radical (unpaired) electrons. The molecule has 2 rings (SSSR count). The van der Waals surface area contributed by atoms with Crippen molar-refractivity contribution in [3.05, 3.63) is 29.8 Å². The van der Waals surface area contributed by atoms with Crippen LogP contribution in [0.25, 0.3) is 0 Å². The molecule has 1 aliphatic heterocycles. The monoisotopic (exact) mass is 475 g/mol. The molecule has 148 valence electrons. The smallest absolute Gasteiger partial charge is 0.193 e. The highest BCUT2D eigenvalue weighted by Gasteiger charge is 2.16. The number of para-hydroxylation sites is 1. The average Bonchev–Trinajstić information content (AvgIpc) is 2.67. The molecular formula is C20H34IN3O2. The molecule has 1 N–H and O–H groups in total. The second-order valence-electron chi connectivity index (χ2n) is 6.84. The average molecular weight is 475 g/mol. The van der Waals surface area contributed by atoms with E-state index in [1.165, 1.54) is 24.8 Å². The number of halogens is 1. The molecule has 1 unspecified atom stereocenters. The van der Waals surface area contributed by atoms with E-state index in [-0.39, 0.29) is 24.0 Å². The van der Waals surface area contributed by atoms with Crippen molar-refractivity contribution >= 4 is 29.9 Å². The Kier molecular flexibility index (Phi) is 11.0. The van der Waals surface area contributed by atoms with Gasteiger partial charge in [0.1, 0.15) is 5.75 Å². The SMILES string of the molecule is CN=C(NCC(C)c1ccccc1OC)N(C)CCC1CCOCC1.I. The first-order valence-corrected chi connectivity index (χ1v) is 9.28. The minimum atomic E-state index is 0. The highest BCUT2D eigenvalue weighted by atomic mass is 127. The Morgan fingerprint density at radius 2 is 2.04 bits per heavy atom. The highest BCUT2D eigenvalue weighted by Crippen LogP contribution is 2.25. The summed E-state index contributed by atoms with van der Waals surface area (Å²) in [5.74, 6) is 3.02. The maximum absolute atomic E-state index is 5.47. The first-order valence-electron chi connectivity index (χ1n) is 9.28. The first-order chi connectivity index (χ1) is 12.2. The van der Waals surface area contributed by atoms with E-state index in [4.69, 9.17) is 9.47 Å². The molecule has 0 saturated carbocycles. The zero-order valence-electron chi connectivity index (χ0n) is 16.5. The Morgan fingerprint density at radius 1 is 1.35 bits per heavy atom. The molecule has 6 heteroatoms. The number of hydrogen-bond donors (Lipinski definition) is 1. The van der Waals surface area contributed by atoms with Crippen molar-refractivity contribution in [1.82, 2.24) is 10.2 Å². The number of benzene rings is 1. The lowest BCUT2D eigenvalue weighted by Crippen LogP contribution is -2.41. The standard InChI is InChI=1S/C20H33N3O2.HI/c1-16(18-7-5-6-8-19(18)24-4)15-22-20(21-2)23(3)12-9-17-10-13-25-14-11-17;/h5-8,16-17H,9-15H2,1-4H3,(H,21,22);1H. The third-order valence-electron chi connectivity index (χ3n) is 5.02. The van der Waals surface area contributed by atoms with Crippen LogP contribution in [0.2, 0.25) is 0 Å². The van der Waals surface area contributed by atoms with Crippen LogP contribution in [0.1, 0.15) is 37.7 Å². The minimum Gasteiger partial charge on any atom is -0.496 e. The molecule has 0 bridgehead atoms. The van der Waals surface area contributed by atoms with E-state index < -0.39 is 0 Å². The van der Waals surface area contributed by atoms with Gasteiger partial charge in [-0.25, -0.2) is 0 Å². The molecule has 5 nitrogen and oxygen atoms in total. The van der Waals surface area contributed by atoms with E-state index in [0.29, 0.717) is 5.92 Å². The van der Waals surface area contributed by atoms with Crippen LogP contribution >= 0.6 is 24.0 Å². The van der Waals surface area contributed by atoms with Crippen LogP contribution in [-0.2, 0) is 4.74 Å². The number of aliphatic imine (C=N–C) groups is 1. The van der Waals surface area contributed by atoms with Crippen molar-refractivity contribution in [2.45, 2.75) is 32.1 Å². The van der Waals surface area contributed by atoms with E-state index in [1.54, 1.807) is 7.11 Å². The summed E-state index contributed by atoms with van der Waals surface area (Å²) in [5.41, 5.74) is 1.22. The van der Waals surface area contributed by atoms with E-state index >= 15 is 0 Å². The first kappa shape index (κ1) is 23.0. The third-order valence-corrected chi connectivity index (χ3v) is 5.02. The van der Waals surface area contributed by atoms with Gasteiger partial charge in [0.05, 0.1) is 7.11 Å². The fourth-order valence-electron chi connectivity index (χ4n) is 3.33. The Morgan fingerprint density at radius 3 is 2.69 bits per heavy atom. The highest BCUT2D eigenvalue weighted by molar-refractivity contribution is 14.0. The quantitative estimate of drug-likeness (QED) is 0.371. The fourth-order valence-corrected chi connectivity index (χ4v) is 3.33. The second-order valence-corrected chi connectivity index (χ2v) is 6.84. The summed E-state index contributed by atoms with van der Waals surface area (Å²) in [6, 6.07) is 8.21. The van der Waals surface area contributed by atoms with Crippen molar-refractivity contribution in [1.29, 1.82) is 0 Å². The van der Waals surface area contributed by atoms with Crippen LogP contribution in [0.5, 0.6) is 5.75 Å². The summed E-state index contributed by atoms with van der Waals surface area (Å²) in [6.45, 7) is 5.89. The van der Waals surface area contributed by atoms with Gasteiger partial charge in [0.2, 0.25) is 0 Å². The molecule has 26 heavy (non-hydrogen) atoms. The normalized spacial score (nSPS) is 16.5. The van der Waals surface area contributed by atoms with Crippen LogP contribution < -0.4 is 10.1 Å². The van der Waals surface area contributed by atoms with E-state index in [0.717, 1.165) is 43.9 Å². The molecule has 1 atom stereocenters. The molecule has 0 spiro atoms. The molecule has 0 aromatic heterocycles. The molecule has 1 aromatic rings. The summed E-state index contributed by atoms with van der Waals surface area (Å²) >= 11 is 0. The predicted molar refractivity (Wildman–Crippen MR) is 119 cm³/mol. The van der Waals surface area contributed by atoms with Crippen LogP contribution in [0, 0.1) is 5.92 Å². The predicted octanol–water partition coefficient (Wildman–Crippen LogP) is 3.74. The Balaban J connectivity index is 0.00000338. The lowest BCUT2D eigenvalue weighted by Gasteiger charge is -2.27. The summed E-state index contributed by atoms with van der Waals surface area (Å²) < 4.78 is 10.9. The number of ether oxygens (including phenoxy) is 2. The topological polar surface area (TPSA) is 46.1 Å². The molecule has 1 fully saturated rings. The molecule has 0 amide bonds. The maximum atomic E-state index is 5.47. The Bertz CT molecular complexity index is 548. The Labute approximate surface area is 175 Å². The summed E-state index contributed by atoms with van der Waals surface area (Å²) in [5, 5.41) is 3.50. The van der Waals surface area contributed by atoms with Gasteiger partial charge in [-0.3, -0.25) is 4.99 Å². The molecule has 1 aromatic carbocycles. The molecule has 0 aliphatic carbocycles. The van der Waals surface area contributed by atoms with Crippen LogP contribution in [0.4, 0.5) is 0 Å². The number of methoxy groups -OCH3 is 1. The van der Waals surface area contributed by atoms with Crippen molar-refractivity contribution in [2.75, 3.05) is 47.5 Å². The number of hydrogen-bond acceptors (Lipinski definition) is 3. The zero-order valence-corrected chi connectivity index (χ0v) is 18.9. The minimum absolute atomic E-state index is 0. The van der Waals surface area contributed by atoms with Gasteiger partial charge < -0.3 is 19.7 Å². The van der Waals surface area contributed by atoms with Crippen LogP contribution in [0.15, 0.2) is 29.3 Å². The van der Waals surface area contributed by atoms with Gasteiger partial charge in [-0.2, -0.15) is 0 Å². The second kappa shape index (κ2) is 12.4. The maximum Gasteiger partial charge on any atom is 0.193 e. The van der Waals surface area contributed by atoms with Gasteiger partial charge in [-0.1, -0.05) is 25.1 Å². The van der Waals surface area contributed by atoms with E-state index in [1.807, 2.05) is 19.2 Å². The number of guanidine groups is 1. The number of rotatable bonds is 7. The summed E-state index contributed by atoms with van der Waals surface area (Å²) in [6.07, 6.45) is 3.57. The van der Waals surface area contributed by atoms with Crippen LogP contribution in [0.3, 0.4) is 0 Å². The van der Waals surface area contributed by atoms with Crippen molar-refractivity contribution in [3.8, 4) is 5.75 Å². The van der Waals surface area contributed by atoms with Gasteiger partial charge in [-0.05, 0) is 36.8 Å². The van der Waals surface area contributed by atoms with Gasteiger partial charge in [-0.15, -0.1) is 24.0 Å². The largest absolute Gasteiger partial charge is 0.496 e. The van der Waals surface area contributed by atoms with Gasteiger partial charge in [0.15, 0.2) is 5.96 Å².